The molecule has 0 spiro atoms. The predicted molar refractivity (Wildman–Crippen MR) is 162 cm³/mol. The van der Waals surface area contributed by atoms with Crippen molar-refractivity contribution in [1.82, 2.24) is 25.1 Å². The molecule has 1 aromatic heterocycles. The molecule has 3 rings (SSSR count). The van der Waals surface area contributed by atoms with Crippen molar-refractivity contribution in [1.29, 1.82) is 0 Å². The number of aromatic nitrogens is 2. The number of imidazole rings is 1. The Hall–Kier alpha value is -3.40. The zero-order valence-corrected chi connectivity index (χ0v) is 25.6. The Kier molecular flexibility index (Phi) is 11.3. The normalized spacial score (nSPS) is 12.3. The van der Waals surface area contributed by atoms with Crippen LogP contribution in [0.25, 0.3) is 11.3 Å². The van der Waals surface area contributed by atoms with E-state index in [0.29, 0.717) is 41.7 Å². The molecule has 0 aliphatic carbocycles. The first-order valence-electron chi connectivity index (χ1n) is 13.9. The second-order valence-corrected chi connectivity index (χ2v) is 11.3. The maximum atomic E-state index is 13.2. The van der Waals surface area contributed by atoms with Gasteiger partial charge in [-0.25, -0.2) is 4.98 Å². The second-order valence-electron chi connectivity index (χ2n) is 10.9. The van der Waals surface area contributed by atoms with E-state index in [2.05, 4.69) is 15.6 Å². The quantitative estimate of drug-likeness (QED) is 0.262. The van der Waals surface area contributed by atoms with Gasteiger partial charge in [-0.2, -0.15) is 0 Å². The van der Waals surface area contributed by atoms with Crippen molar-refractivity contribution in [3.8, 4) is 17.0 Å². The smallest absolute Gasteiger partial charge is 0.251 e. The first-order valence-corrected chi connectivity index (χ1v) is 14.3. The third kappa shape index (κ3) is 9.31. The van der Waals surface area contributed by atoms with E-state index in [1.54, 1.807) is 36.9 Å². The van der Waals surface area contributed by atoms with Crippen LogP contribution in [-0.4, -0.2) is 71.2 Å². The van der Waals surface area contributed by atoms with Crippen LogP contribution in [0.2, 0.25) is 5.02 Å². The third-order valence-electron chi connectivity index (χ3n) is 6.39. The highest BCUT2D eigenvalue weighted by atomic mass is 35.5. The van der Waals surface area contributed by atoms with E-state index in [-0.39, 0.29) is 30.9 Å². The van der Waals surface area contributed by atoms with Crippen molar-refractivity contribution in [3.63, 3.8) is 0 Å². The number of nitrogens with one attached hydrogen (secondary N) is 2. The predicted octanol–water partition coefficient (Wildman–Crippen LogP) is 4.26. The number of hydrogen-bond acceptors (Lipinski definition) is 6. The van der Waals surface area contributed by atoms with E-state index in [0.717, 1.165) is 23.2 Å². The van der Waals surface area contributed by atoms with Crippen molar-refractivity contribution in [2.24, 2.45) is 0 Å². The lowest BCUT2D eigenvalue weighted by molar-refractivity contribution is -0.121. The molecule has 9 nitrogen and oxygen atoms in total. The number of amides is 2. The van der Waals surface area contributed by atoms with Gasteiger partial charge in [0.25, 0.3) is 5.91 Å². The fraction of sp³-hybridized carbons (Fsp3) is 0.452. The summed E-state index contributed by atoms with van der Waals surface area (Å²) in [7, 11) is 3.65. The molecule has 222 valence electrons. The van der Waals surface area contributed by atoms with Crippen molar-refractivity contribution < 1.29 is 19.4 Å². The van der Waals surface area contributed by atoms with Crippen LogP contribution >= 0.6 is 11.6 Å². The summed E-state index contributed by atoms with van der Waals surface area (Å²) in [6.07, 6.45) is 3.29. The minimum absolute atomic E-state index is 0.126. The minimum Gasteiger partial charge on any atom is -0.492 e. The Morgan fingerprint density at radius 2 is 1.85 bits per heavy atom. The number of likely N-dealkylation sites (N-methyl/N-ethyl adjacent to an activating group) is 1. The molecule has 3 N–H and O–H groups in total. The average Bonchev–Trinajstić information content (AvgIpc) is 3.36. The second kappa shape index (κ2) is 14.5. The van der Waals surface area contributed by atoms with E-state index in [4.69, 9.17) is 16.3 Å². The van der Waals surface area contributed by atoms with Gasteiger partial charge >= 0.3 is 0 Å². The van der Waals surface area contributed by atoms with Crippen LogP contribution in [0.3, 0.4) is 0 Å². The van der Waals surface area contributed by atoms with Gasteiger partial charge in [0.05, 0.1) is 29.9 Å². The number of carbonyl (C=O) groups is 2. The van der Waals surface area contributed by atoms with Crippen LogP contribution < -0.4 is 15.4 Å². The fourth-order valence-electron chi connectivity index (χ4n) is 4.37. The van der Waals surface area contributed by atoms with E-state index >= 15 is 0 Å². The van der Waals surface area contributed by atoms with E-state index in [9.17, 15) is 14.7 Å². The third-order valence-corrected chi connectivity index (χ3v) is 6.69. The Morgan fingerprint density at radius 1 is 1.15 bits per heavy atom. The summed E-state index contributed by atoms with van der Waals surface area (Å²) in [6, 6.07) is 12.5. The van der Waals surface area contributed by atoms with E-state index in [1.165, 1.54) is 0 Å². The van der Waals surface area contributed by atoms with Gasteiger partial charge in [-0.15, -0.1) is 0 Å². The molecule has 0 aliphatic heterocycles. The molecule has 41 heavy (non-hydrogen) atoms. The molecule has 0 saturated carbocycles. The number of aryl methyl sites for hydroxylation is 1. The van der Waals surface area contributed by atoms with Crippen LogP contribution in [0.4, 0.5) is 0 Å². The van der Waals surface area contributed by atoms with Crippen molar-refractivity contribution in [3.05, 3.63) is 70.6 Å². The molecule has 0 saturated heterocycles. The van der Waals surface area contributed by atoms with Crippen LogP contribution in [-0.2, 0) is 23.4 Å². The number of benzene rings is 2. The van der Waals surface area contributed by atoms with E-state index < -0.39 is 5.60 Å². The number of nitrogens with zero attached hydrogens (tertiary/aromatic N) is 3. The summed E-state index contributed by atoms with van der Waals surface area (Å²) in [4.78, 5) is 32.0. The number of carbonyl (C=O) groups excluding carboxylic acids is 2. The zero-order chi connectivity index (χ0) is 30.2. The van der Waals surface area contributed by atoms with E-state index in [1.807, 2.05) is 63.0 Å². The Morgan fingerprint density at radius 3 is 2.41 bits per heavy atom. The molecule has 2 amide bonds. The minimum atomic E-state index is -1.05. The standard InChI is InChI=1S/C31H42ClN5O4/c1-7-15-41-27-14-13-23(17-25(27)32)29(39)34-24(18-33-28(38)20-36(5)6)16-21-9-11-22(12-10-21)26-19-37(8-2)30(35-26)31(3,4)40/h9-14,17,19,24,40H,7-8,15-16,18,20H2,1-6H3,(H,33,38)(H,34,39)/t24-/m1/s1. The Labute approximate surface area is 247 Å². The van der Waals surface area contributed by atoms with Crippen LogP contribution in [0.5, 0.6) is 5.75 Å². The number of ether oxygens (including phenoxy) is 1. The van der Waals surface area contributed by atoms with Crippen LogP contribution in [0.15, 0.2) is 48.7 Å². The molecule has 10 heteroatoms. The molecule has 0 radical (unpaired) electrons. The monoisotopic (exact) mass is 583 g/mol. The van der Waals surface area contributed by atoms with Gasteiger partial charge in [0.15, 0.2) is 0 Å². The maximum Gasteiger partial charge on any atom is 0.251 e. The highest BCUT2D eigenvalue weighted by Gasteiger charge is 2.24. The largest absolute Gasteiger partial charge is 0.492 e. The lowest BCUT2D eigenvalue weighted by atomic mass is 10.0. The SMILES string of the molecule is CCCOc1ccc(C(=O)N[C@@H](CNC(=O)CN(C)C)Cc2ccc(-c3cn(CC)c(C(C)(C)O)n3)cc2)cc1Cl. The molecular formula is C31H42ClN5O4. The van der Waals surface area contributed by atoms with Gasteiger partial charge in [0.2, 0.25) is 5.91 Å². The molecule has 0 aliphatic rings. The lowest BCUT2D eigenvalue weighted by Gasteiger charge is -2.21. The molecule has 1 heterocycles. The molecule has 2 aromatic carbocycles. The summed E-state index contributed by atoms with van der Waals surface area (Å²) in [6.45, 7) is 9.23. The Bertz CT molecular complexity index is 1320. The molecule has 0 fully saturated rings. The molecule has 1 atom stereocenters. The summed E-state index contributed by atoms with van der Waals surface area (Å²) >= 11 is 6.35. The van der Waals surface area contributed by atoms with Crippen LogP contribution in [0, 0.1) is 0 Å². The molecule has 0 bridgehead atoms. The van der Waals surface area contributed by atoms with Crippen molar-refractivity contribution in [2.75, 3.05) is 33.8 Å². The van der Waals surface area contributed by atoms with Gasteiger partial charge in [-0.05, 0) is 71.5 Å². The van der Waals surface area contributed by atoms with Gasteiger partial charge < -0.3 is 29.9 Å². The topological polar surface area (TPSA) is 109 Å². The molecule has 0 unspecified atom stereocenters. The van der Waals surface area contributed by atoms with Gasteiger partial charge in [-0.1, -0.05) is 42.8 Å². The molecular weight excluding hydrogens is 542 g/mol. The van der Waals surface area contributed by atoms with Crippen molar-refractivity contribution in [2.45, 2.75) is 58.7 Å². The summed E-state index contributed by atoms with van der Waals surface area (Å²) < 4.78 is 7.56. The highest BCUT2D eigenvalue weighted by molar-refractivity contribution is 6.32. The van der Waals surface area contributed by atoms with Gasteiger partial charge in [0, 0.05) is 30.4 Å². The number of rotatable bonds is 14. The average molecular weight is 584 g/mol. The zero-order valence-electron chi connectivity index (χ0n) is 24.8. The summed E-state index contributed by atoms with van der Waals surface area (Å²) in [5, 5.41) is 16.8. The Balaban J connectivity index is 1.77. The van der Waals surface area contributed by atoms with Crippen molar-refractivity contribution >= 4 is 23.4 Å². The van der Waals surface area contributed by atoms with Gasteiger partial charge in [-0.3, -0.25) is 9.59 Å². The fourth-order valence-corrected chi connectivity index (χ4v) is 4.61. The maximum absolute atomic E-state index is 13.2. The number of halogens is 1. The highest BCUT2D eigenvalue weighted by Crippen LogP contribution is 2.27. The number of aliphatic hydroxyl groups is 1. The first-order chi connectivity index (χ1) is 19.4. The lowest BCUT2D eigenvalue weighted by Crippen LogP contribution is -2.46. The molecule has 3 aromatic rings. The van der Waals surface area contributed by atoms with Gasteiger partial charge in [0.1, 0.15) is 17.2 Å². The van der Waals surface area contributed by atoms with Crippen LogP contribution in [0.1, 0.15) is 55.9 Å². The summed E-state index contributed by atoms with van der Waals surface area (Å²) in [5.41, 5.74) is 2.04. The summed E-state index contributed by atoms with van der Waals surface area (Å²) in [5.74, 6) is 0.734. The number of hydrogen-bond donors (Lipinski definition) is 3. The first kappa shape index (κ1) is 32.1.